The van der Waals surface area contributed by atoms with Crippen molar-refractivity contribution in [2.45, 2.75) is 69.2 Å². The summed E-state index contributed by atoms with van der Waals surface area (Å²) in [7, 11) is 0. The van der Waals surface area contributed by atoms with E-state index in [-0.39, 0.29) is 49.4 Å². The second-order valence-corrected chi connectivity index (χ2v) is 12.5. The van der Waals surface area contributed by atoms with E-state index in [1.54, 1.807) is 22.7 Å². The first-order valence-electron chi connectivity index (χ1n) is 15.7. The fraction of sp³-hybridized carbons (Fsp3) is 0.472. The fourth-order valence-corrected chi connectivity index (χ4v) is 6.53. The summed E-state index contributed by atoms with van der Waals surface area (Å²) in [5.41, 5.74) is 2.25. The summed E-state index contributed by atoms with van der Waals surface area (Å²) in [6, 6.07) is 19.4. The van der Waals surface area contributed by atoms with Crippen molar-refractivity contribution in [1.82, 2.24) is 10.2 Å². The van der Waals surface area contributed by atoms with Gasteiger partial charge in [-0.25, -0.2) is 0 Å². The van der Waals surface area contributed by atoms with Crippen LogP contribution >= 0.6 is 11.8 Å². The molecule has 4 atom stereocenters. The van der Waals surface area contributed by atoms with Gasteiger partial charge in [0, 0.05) is 24.5 Å². The summed E-state index contributed by atoms with van der Waals surface area (Å²) in [4.78, 5) is 41.7. The summed E-state index contributed by atoms with van der Waals surface area (Å²) in [6.45, 7) is 8.17. The van der Waals surface area contributed by atoms with E-state index >= 15 is 0 Å². The highest BCUT2D eigenvalue weighted by Gasteiger charge is 2.32. The molecule has 1 saturated heterocycles. The zero-order valence-electron chi connectivity index (χ0n) is 25.8. The van der Waals surface area contributed by atoms with Crippen molar-refractivity contribution in [1.29, 1.82) is 0 Å². The maximum atomic E-state index is 13.5. The van der Waals surface area contributed by atoms with Crippen LogP contribution in [0.1, 0.15) is 56.1 Å². The number of unbranched alkanes of at least 4 members (excludes halogenated alkanes) is 1. The Hall–Kier alpha value is -3.36. The topological polar surface area (TPSA) is 95.9 Å². The standard InChI is InChI=1S/C36H48N2O5S/c1-3-5-8-19-31(22-28-15-9-6-10-16-28)36(42)43-25-32(27-44-26-29-17-11-7-12-18-29)37-35(41)30(14-4-2)23-34(40)38-21-13-20-33(38)24-39/h3-4,6-7,9-12,15-18,30-33,39H,1-2,5,8,13-14,19-27H2,(H,37,41)/t30-,31-,32-,33+/m1/s1. The molecule has 44 heavy (non-hydrogen) atoms. The van der Waals surface area contributed by atoms with Crippen molar-refractivity contribution < 1.29 is 24.2 Å². The number of nitrogens with zero attached hydrogens (tertiary/aromatic N) is 1. The molecule has 3 rings (SSSR count). The van der Waals surface area contributed by atoms with E-state index in [1.165, 1.54) is 5.56 Å². The molecule has 0 saturated carbocycles. The molecule has 0 radical (unpaired) electrons. The summed E-state index contributed by atoms with van der Waals surface area (Å²) in [6.07, 6.45) is 8.47. The molecule has 2 N–H and O–H groups in total. The van der Waals surface area contributed by atoms with Gasteiger partial charge in [-0.3, -0.25) is 14.4 Å². The Balaban J connectivity index is 1.66. The average Bonchev–Trinajstić information content (AvgIpc) is 3.53. The van der Waals surface area contributed by atoms with Crippen LogP contribution in [0.4, 0.5) is 0 Å². The summed E-state index contributed by atoms with van der Waals surface area (Å²) < 4.78 is 5.89. The van der Waals surface area contributed by atoms with Crippen molar-refractivity contribution in [2.75, 3.05) is 25.5 Å². The second kappa shape index (κ2) is 19.8. The van der Waals surface area contributed by atoms with Gasteiger partial charge in [-0.15, -0.1) is 13.2 Å². The highest BCUT2D eigenvalue weighted by molar-refractivity contribution is 7.98. The smallest absolute Gasteiger partial charge is 0.309 e. The van der Waals surface area contributed by atoms with Gasteiger partial charge in [0.15, 0.2) is 0 Å². The van der Waals surface area contributed by atoms with E-state index < -0.39 is 12.0 Å². The molecule has 2 aromatic carbocycles. The predicted molar refractivity (Wildman–Crippen MR) is 178 cm³/mol. The van der Waals surface area contributed by atoms with E-state index in [0.29, 0.717) is 31.6 Å². The minimum absolute atomic E-state index is 0.0421. The number of likely N-dealkylation sites (tertiary alicyclic amines) is 1. The highest BCUT2D eigenvalue weighted by atomic mass is 32.2. The Kier molecular flexibility index (Phi) is 15.8. The molecule has 238 valence electrons. The molecule has 8 heteroatoms. The van der Waals surface area contributed by atoms with Gasteiger partial charge in [-0.2, -0.15) is 11.8 Å². The van der Waals surface area contributed by atoms with Crippen molar-refractivity contribution in [2.24, 2.45) is 11.8 Å². The molecule has 0 bridgehead atoms. The van der Waals surface area contributed by atoms with Crippen LogP contribution in [0.2, 0.25) is 0 Å². The Labute approximate surface area is 267 Å². The molecule has 2 aromatic rings. The lowest BCUT2D eigenvalue weighted by molar-refractivity contribution is -0.150. The van der Waals surface area contributed by atoms with Crippen molar-refractivity contribution in [3.05, 3.63) is 97.1 Å². The van der Waals surface area contributed by atoms with Crippen LogP contribution < -0.4 is 5.32 Å². The summed E-state index contributed by atoms with van der Waals surface area (Å²) in [5, 5.41) is 12.8. The maximum absolute atomic E-state index is 13.5. The number of aliphatic hydroxyl groups excluding tert-OH is 1. The monoisotopic (exact) mass is 620 g/mol. The molecule has 0 aliphatic carbocycles. The van der Waals surface area contributed by atoms with Gasteiger partial charge in [0.25, 0.3) is 0 Å². The van der Waals surface area contributed by atoms with Gasteiger partial charge in [0.1, 0.15) is 6.61 Å². The number of amides is 2. The van der Waals surface area contributed by atoms with Crippen LogP contribution in [-0.2, 0) is 31.3 Å². The van der Waals surface area contributed by atoms with Crippen molar-refractivity contribution >= 4 is 29.5 Å². The molecule has 1 aliphatic heterocycles. The number of ether oxygens (including phenoxy) is 1. The first-order valence-corrected chi connectivity index (χ1v) is 16.8. The number of nitrogens with one attached hydrogen (secondary N) is 1. The number of hydrogen-bond acceptors (Lipinski definition) is 6. The molecule has 1 heterocycles. The van der Waals surface area contributed by atoms with E-state index in [0.717, 1.165) is 37.0 Å². The Bertz CT molecular complexity index is 1180. The number of thioether (sulfide) groups is 1. The first kappa shape index (κ1) is 35.1. The third kappa shape index (κ3) is 12.0. The van der Waals surface area contributed by atoms with Gasteiger partial charge in [0.2, 0.25) is 11.8 Å². The number of hydrogen-bond donors (Lipinski definition) is 2. The fourth-order valence-electron chi connectivity index (χ4n) is 5.52. The van der Waals surface area contributed by atoms with Crippen LogP contribution in [0.5, 0.6) is 0 Å². The summed E-state index contributed by atoms with van der Waals surface area (Å²) >= 11 is 1.66. The van der Waals surface area contributed by atoms with Gasteiger partial charge in [-0.05, 0) is 56.1 Å². The minimum atomic E-state index is -0.595. The lowest BCUT2D eigenvalue weighted by atomic mass is 9.94. The number of carbonyl (C=O) groups is 3. The van der Waals surface area contributed by atoms with Crippen LogP contribution in [0, 0.1) is 11.8 Å². The normalized spacial score (nSPS) is 16.5. The van der Waals surface area contributed by atoms with Gasteiger partial charge >= 0.3 is 5.97 Å². The number of benzene rings is 2. The van der Waals surface area contributed by atoms with E-state index in [2.05, 4.69) is 30.6 Å². The molecule has 1 aliphatic rings. The molecule has 1 fully saturated rings. The van der Waals surface area contributed by atoms with Crippen LogP contribution in [0.3, 0.4) is 0 Å². The third-order valence-electron chi connectivity index (χ3n) is 7.97. The summed E-state index contributed by atoms with van der Waals surface area (Å²) in [5.74, 6) is -0.252. The van der Waals surface area contributed by atoms with Crippen LogP contribution in [0.25, 0.3) is 0 Å². The predicted octanol–water partition coefficient (Wildman–Crippen LogP) is 5.73. The number of carbonyl (C=O) groups excluding carboxylic acids is 3. The molecule has 2 amide bonds. The maximum Gasteiger partial charge on any atom is 0.309 e. The molecule has 0 spiro atoms. The van der Waals surface area contributed by atoms with E-state index in [1.807, 2.05) is 54.6 Å². The Morgan fingerprint density at radius 3 is 2.39 bits per heavy atom. The minimum Gasteiger partial charge on any atom is -0.463 e. The van der Waals surface area contributed by atoms with Gasteiger partial charge in [0.05, 0.1) is 30.5 Å². The molecular weight excluding hydrogens is 572 g/mol. The van der Waals surface area contributed by atoms with E-state index in [9.17, 15) is 19.5 Å². The number of aliphatic hydroxyl groups is 1. The zero-order valence-corrected chi connectivity index (χ0v) is 26.6. The number of allylic oxidation sites excluding steroid dienone is 2. The molecular formula is C36H48N2O5S. The Morgan fingerprint density at radius 2 is 1.73 bits per heavy atom. The third-order valence-corrected chi connectivity index (χ3v) is 9.15. The van der Waals surface area contributed by atoms with Crippen molar-refractivity contribution in [3.8, 4) is 0 Å². The SMILES string of the molecule is C=CCCC[C@H](Cc1ccccc1)C(=O)OC[C@H](CSCc1ccccc1)NC(=O)[C@H](CC=C)CC(=O)N1CCC[C@H]1CO. The van der Waals surface area contributed by atoms with Gasteiger partial charge < -0.3 is 20.1 Å². The van der Waals surface area contributed by atoms with Crippen LogP contribution in [0.15, 0.2) is 86.0 Å². The van der Waals surface area contributed by atoms with Crippen LogP contribution in [-0.4, -0.2) is 65.4 Å². The largest absolute Gasteiger partial charge is 0.463 e. The highest BCUT2D eigenvalue weighted by Crippen LogP contribution is 2.22. The Morgan fingerprint density at radius 1 is 1.02 bits per heavy atom. The number of rotatable bonds is 20. The zero-order chi connectivity index (χ0) is 31.6. The second-order valence-electron chi connectivity index (χ2n) is 11.4. The lowest BCUT2D eigenvalue weighted by Crippen LogP contribution is -2.45. The molecule has 0 aromatic heterocycles. The van der Waals surface area contributed by atoms with E-state index in [4.69, 9.17) is 4.74 Å². The van der Waals surface area contributed by atoms with Gasteiger partial charge in [-0.1, -0.05) is 72.8 Å². The quantitative estimate of drug-likeness (QED) is 0.112. The average molecular weight is 621 g/mol. The number of esters is 1. The first-order chi connectivity index (χ1) is 21.4. The molecule has 7 nitrogen and oxygen atoms in total. The van der Waals surface area contributed by atoms with Crippen molar-refractivity contribution in [3.63, 3.8) is 0 Å². The molecule has 0 unspecified atom stereocenters. The lowest BCUT2D eigenvalue weighted by Gasteiger charge is -2.26.